The van der Waals surface area contributed by atoms with Crippen LogP contribution in [0.5, 0.6) is 5.88 Å². The second-order valence-corrected chi connectivity index (χ2v) is 2.60. The number of nitrogens with one attached hydrogen (secondary N) is 1. The lowest BCUT2D eigenvalue weighted by atomic mass is 10.2. The topological polar surface area (TPSA) is 51.3 Å². The summed E-state index contributed by atoms with van der Waals surface area (Å²) in [6.45, 7) is 3.96. The highest BCUT2D eigenvalue weighted by Crippen LogP contribution is 2.16. The fourth-order valence-electron chi connectivity index (χ4n) is 1.06. The summed E-state index contributed by atoms with van der Waals surface area (Å²) in [6, 6.07) is 1.63. The van der Waals surface area contributed by atoms with Crippen molar-refractivity contribution in [3.63, 3.8) is 0 Å². The number of aromatic amines is 1. The molecule has 0 amide bonds. The summed E-state index contributed by atoms with van der Waals surface area (Å²) in [4.78, 5) is 14.2. The Morgan fingerprint density at radius 2 is 2.31 bits per heavy atom. The van der Waals surface area contributed by atoms with Crippen LogP contribution in [0, 0.1) is 6.92 Å². The van der Waals surface area contributed by atoms with Gasteiger partial charge in [0.1, 0.15) is 0 Å². The lowest BCUT2D eigenvalue weighted by molar-refractivity contribution is 0.0525. The van der Waals surface area contributed by atoms with Crippen molar-refractivity contribution in [3.8, 4) is 5.88 Å². The summed E-state index contributed by atoms with van der Waals surface area (Å²) in [5, 5.41) is 0. The number of esters is 1. The number of H-pyrrole nitrogens is 1. The Labute approximate surface area is 76.9 Å². The molecule has 0 aliphatic carbocycles. The van der Waals surface area contributed by atoms with Gasteiger partial charge in [-0.15, -0.1) is 0 Å². The van der Waals surface area contributed by atoms with E-state index in [-0.39, 0.29) is 5.97 Å². The van der Waals surface area contributed by atoms with Gasteiger partial charge in [-0.05, 0) is 13.8 Å². The number of methoxy groups -OCH3 is 1. The Morgan fingerprint density at radius 3 is 2.77 bits per heavy atom. The second-order valence-electron chi connectivity index (χ2n) is 2.60. The molecular weight excluding hydrogens is 170 g/mol. The Balaban J connectivity index is 2.87. The molecule has 0 bridgehead atoms. The van der Waals surface area contributed by atoms with E-state index >= 15 is 0 Å². The lowest BCUT2D eigenvalue weighted by Gasteiger charge is -1.98. The maximum atomic E-state index is 11.3. The van der Waals surface area contributed by atoms with Gasteiger partial charge in [0.25, 0.3) is 0 Å². The average Bonchev–Trinajstić information content (AvgIpc) is 2.47. The molecular formula is C9H13NO3. The molecule has 0 saturated heterocycles. The molecule has 0 saturated carbocycles. The van der Waals surface area contributed by atoms with Gasteiger partial charge in [0.2, 0.25) is 0 Å². The molecule has 4 nitrogen and oxygen atoms in total. The van der Waals surface area contributed by atoms with Gasteiger partial charge in [-0.3, -0.25) is 0 Å². The molecule has 4 heteroatoms. The van der Waals surface area contributed by atoms with E-state index < -0.39 is 0 Å². The Morgan fingerprint density at radius 1 is 1.62 bits per heavy atom. The number of hydrogen-bond donors (Lipinski definition) is 1. The molecule has 1 N–H and O–H groups in total. The van der Waals surface area contributed by atoms with E-state index in [2.05, 4.69) is 4.98 Å². The van der Waals surface area contributed by atoms with Crippen LogP contribution >= 0.6 is 0 Å². The minimum absolute atomic E-state index is 0.320. The van der Waals surface area contributed by atoms with Crippen molar-refractivity contribution < 1.29 is 14.3 Å². The number of rotatable bonds is 3. The van der Waals surface area contributed by atoms with Gasteiger partial charge >= 0.3 is 5.97 Å². The summed E-state index contributed by atoms with van der Waals surface area (Å²) in [5.74, 6) is 0.250. The maximum Gasteiger partial charge on any atom is 0.340 e. The van der Waals surface area contributed by atoms with Crippen LogP contribution in [0.4, 0.5) is 0 Å². The minimum Gasteiger partial charge on any atom is -0.482 e. The fraction of sp³-hybridized carbons (Fsp3) is 0.444. The van der Waals surface area contributed by atoms with Gasteiger partial charge in [-0.25, -0.2) is 4.79 Å². The molecule has 0 fully saturated rings. The molecule has 72 valence electrons. The average molecular weight is 183 g/mol. The highest BCUT2D eigenvalue weighted by molar-refractivity contribution is 5.91. The number of ether oxygens (including phenoxy) is 2. The normalized spacial score (nSPS) is 9.77. The molecule has 0 spiro atoms. The van der Waals surface area contributed by atoms with Gasteiger partial charge < -0.3 is 14.5 Å². The van der Waals surface area contributed by atoms with E-state index in [0.29, 0.717) is 18.1 Å². The van der Waals surface area contributed by atoms with E-state index in [1.807, 2.05) is 0 Å². The third-order valence-corrected chi connectivity index (χ3v) is 1.71. The lowest BCUT2D eigenvalue weighted by Crippen LogP contribution is -2.04. The van der Waals surface area contributed by atoms with Crippen molar-refractivity contribution in [2.24, 2.45) is 0 Å². The third-order valence-electron chi connectivity index (χ3n) is 1.71. The Hall–Kier alpha value is -1.45. The van der Waals surface area contributed by atoms with Crippen LogP contribution in [0.1, 0.15) is 23.0 Å². The molecule has 0 aliphatic rings. The number of aromatic nitrogens is 1. The van der Waals surface area contributed by atoms with Gasteiger partial charge in [-0.1, -0.05) is 0 Å². The predicted octanol–water partition coefficient (Wildman–Crippen LogP) is 1.51. The van der Waals surface area contributed by atoms with Crippen LogP contribution in [-0.4, -0.2) is 24.7 Å². The summed E-state index contributed by atoms with van der Waals surface area (Å²) in [5.41, 5.74) is 1.29. The highest BCUT2D eigenvalue weighted by Gasteiger charge is 2.13. The van der Waals surface area contributed by atoms with Crippen LogP contribution in [-0.2, 0) is 4.74 Å². The van der Waals surface area contributed by atoms with E-state index in [9.17, 15) is 4.79 Å². The van der Waals surface area contributed by atoms with Crippen molar-refractivity contribution in [3.05, 3.63) is 17.3 Å². The first kappa shape index (κ1) is 9.64. The smallest absolute Gasteiger partial charge is 0.340 e. The first-order valence-electron chi connectivity index (χ1n) is 4.09. The van der Waals surface area contributed by atoms with E-state index in [0.717, 1.165) is 5.69 Å². The standard InChI is InChI=1S/C9H13NO3/c1-4-13-9(11)7-5-8(12-3)10-6(7)2/h5,10H,4H2,1-3H3. The van der Waals surface area contributed by atoms with Crippen LogP contribution < -0.4 is 4.74 Å². The monoisotopic (exact) mass is 183 g/mol. The maximum absolute atomic E-state index is 11.3. The third kappa shape index (κ3) is 2.02. The first-order valence-corrected chi connectivity index (χ1v) is 4.09. The molecule has 13 heavy (non-hydrogen) atoms. The largest absolute Gasteiger partial charge is 0.482 e. The highest BCUT2D eigenvalue weighted by atomic mass is 16.5. The van der Waals surface area contributed by atoms with Gasteiger partial charge in [0.05, 0.1) is 19.3 Å². The number of aryl methyl sites for hydroxylation is 1. The predicted molar refractivity (Wildman–Crippen MR) is 48.0 cm³/mol. The van der Waals surface area contributed by atoms with Gasteiger partial charge in [0, 0.05) is 11.8 Å². The number of hydrogen-bond acceptors (Lipinski definition) is 3. The van der Waals surface area contributed by atoms with Crippen molar-refractivity contribution in [1.82, 2.24) is 4.98 Å². The van der Waals surface area contributed by atoms with Gasteiger partial charge in [0.15, 0.2) is 5.88 Å². The van der Waals surface area contributed by atoms with Crippen LogP contribution in [0.25, 0.3) is 0 Å². The SMILES string of the molecule is CCOC(=O)c1cc(OC)[nH]c1C. The Bertz CT molecular complexity index is 304. The molecule has 0 aromatic carbocycles. The minimum atomic E-state index is -0.320. The molecule has 0 radical (unpaired) electrons. The van der Waals surface area contributed by atoms with Crippen molar-refractivity contribution in [2.75, 3.05) is 13.7 Å². The zero-order valence-electron chi connectivity index (χ0n) is 8.01. The van der Waals surface area contributed by atoms with Crippen LogP contribution in [0.2, 0.25) is 0 Å². The number of carbonyl (C=O) groups is 1. The van der Waals surface area contributed by atoms with Crippen molar-refractivity contribution >= 4 is 5.97 Å². The Kier molecular flexibility index (Phi) is 2.95. The van der Waals surface area contributed by atoms with Crippen LogP contribution in [0.3, 0.4) is 0 Å². The van der Waals surface area contributed by atoms with E-state index in [1.165, 1.54) is 0 Å². The molecule has 1 heterocycles. The summed E-state index contributed by atoms with van der Waals surface area (Å²) in [6.07, 6.45) is 0. The summed E-state index contributed by atoms with van der Waals surface area (Å²) < 4.78 is 9.79. The van der Waals surface area contributed by atoms with E-state index in [4.69, 9.17) is 9.47 Å². The van der Waals surface area contributed by atoms with Crippen molar-refractivity contribution in [1.29, 1.82) is 0 Å². The molecule has 1 rings (SSSR count). The second kappa shape index (κ2) is 3.98. The fourth-order valence-corrected chi connectivity index (χ4v) is 1.06. The zero-order valence-corrected chi connectivity index (χ0v) is 8.01. The number of carbonyl (C=O) groups excluding carboxylic acids is 1. The molecule has 1 aromatic rings. The van der Waals surface area contributed by atoms with Gasteiger partial charge in [-0.2, -0.15) is 0 Å². The molecule has 0 aliphatic heterocycles. The van der Waals surface area contributed by atoms with Crippen LogP contribution in [0.15, 0.2) is 6.07 Å². The molecule has 1 aromatic heterocycles. The van der Waals surface area contributed by atoms with Crippen molar-refractivity contribution in [2.45, 2.75) is 13.8 Å². The van der Waals surface area contributed by atoms with E-state index in [1.54, 1.807) is 27.0 Å². The molecule has 0 atom stereocenters. The summed E-state index contributed by atoms with van der Waals surface area (Å²) >= 11 is 0. The summed E-state index contributed by atoms with van der Waals surface area (Å²) in [7, 11) is 1.54. The zero-order chi connectivity index (χ0) is 9.84. The quantitative estimate of drug-likeness (QED) is 0.722. The first-order chi connectivity index (χ1) is 6.19. The molecule has 0 unspecified atom stereocenters.